The van der Waals surface area contributed by atoms with Crippen LogP contribution in [0.1, 0.15) is 82.5 Å². The first kappa shape index (κ1) is 23.8. The van der Waals surface area contributed by atoms with Crippen LogP contribution in [0.25, 0.3) is 0 Å². The lowest BCUT2D eigenvalue weighted by Crippen LogP contribution is -2.57. The minimum atomic E-state index is -0.119. The van der Waals surface area contributed by atoms with Crippen LogP contribution in [0.3, 0.4) is 0 Å². The van der Waals surface area contributed by atoms with Gasteiger partial charge in [0.25, 0.3) is 5.91 Å². The van der Waals surface area contributed by atoms with Gasteiger partial charge in [-0.1, -0.05) is 20.8 Å². The maximum absolute atomic E-state index is 11.8. The van der Waals surface area contributed by atoms with Crippen molar-refractivity contribution in [1.29, 1.82) is 0 Å². The number of ether oxygens (including phenoxy) is 2. The Kier molecular flexibility index (Phi) is 5.56. The molecule has 5 heteroatoms. The highest BCUT2D eigenvalue weighted by Gasteiger charge is 2.77. The third kappa shape index (κ3) is 3.22. The molecule has 1 aromatic heterocycles. The van der Waals surface area contributed by atoms with Gasteiger partial charge in [-0.2, -0.15) is 0 Å². The van der Waals surface area contributed by atoms with Crippen molar-refractivity contribution in [3.05, 3.63) is 23.9 Å². The van der Waals surface area contributed by atoms with Crippen LogP contribution >= 0.6 is 0 Å². The van der Waals surface area contributed by atoms with Crippen LogP contribution in [0.5, 0.6) is 5.88 Å². The third-order valence-electron chi connectivity index (χ3n) is 12.3. The molecule has 192 valence electrons. The fourth-order valence-electron chi connectivity index (χ4n) is 10.6. The fraction of sp³-hybridized carbons (Fsp3) is 0.800. The predicted octanol–water partition coefficient (Wildman–Crippen LogP) is 5.74. The van der Waals surface area contributed by atoms with E-state index in [1.165, 1.54) is 51.4 Å². The van der Waals surface area contributed by atoms with Crippen molar-refractivity contribution in [1.82, 2.24) is 10.3 Å². The summed E-state index contributed by atoms with van der Waals surface area (Å²) in [6.07, 6.45) is 13.2. The molecule has 6 rings (SSSR count). The molecule has 35 heavy (non-hydrogen) atoms. The fourth-order valence-corrected chi connectivity index (χ4v) is 10.6. The zero-order chi connectivity index (χ0) is 24.6. The average molecular weight is 481 g/mol. The Labute approximate surface area is 211 Å². The van der Waals surface area contributed by atoms with Crippen molar-refractivity contribution in [3.63, 3.8) is 0 Å². The van der Waals surface area contributed by atoms with Gasteiger partial charge in [0.2, 0.25) is 5.88 Å². The first-order valence-electron chi connectivity index (χ1n) is 14.1. The molecule has 0 aromatic carbocycles. The maximum Gasteiger partial charge on any atom is 0.252 e. The summed E-state index contributed by atoms with van der Waals surface area (Å²) in [5, 5.41) is 2.64. The van der Waals surface area contributed by atoms with Crippen LogP contribution in [-0.4, -0.2) is 37.8 Å². The monoisotopic (exact) mass is 480 g/mol. The smallest absolute Gasteiger partial charge is 0.252 e. The number of nitrogens with one attached hydrogen (secondary N) is 1. The molecule has 1 aromatic rings. The lowest BCUT2D eigenvalue weighted by molar-refractivity contribution is -0.161. The van der Waals surface area contributed by atoms with E-state index in [-0.39, 0.29) is 5.91 Å². The Balaban J connectivity index is 1.15. The number of hydrogen-bond donors (Lipinski definition) is 1. The number of carbonyl (C=O) groups is 1. The molecule has 5 saturated carbocycles. The van der Waals surface area contributed by atoms with Crippen molar-refractivity contribution in [2.24, 2.45) is 51.8 Å². The van der Waals surface area contributed by atoms with Crippen LogP contribution in [0.2, 0.25) is 0 Å². The van der Waals surface area contributed by atoms with Crippen LogP contribution < -0.4 is 10.1 Å². The highest BCUT2D eigenvalue weighted by Crippen LogP contribution is 2.82. The first-order chi connectivity index (χ1) is 16.8. The van der Waals surface area contributed by atoms with E-state index in [1.54, 1.807) is 19.3 Å². The second-order valence-corrected chi connectivity index (χ2v) is 13.2. The van der Waals surface area contributed by atoms with Gasteiger partial charge in [-0.15, -0.1) is 0 Å². The van der Waals surface area contributed by atoms with E-state index in [9.17, 15) is 4.79 Å². The van der Waals surface area contributed by atoms with Crippen LogP contribution in [-0.2, 0) is 4.74 Å². The summed E-state index contributed by atoms with van der Waals surface area (Å²) in [5.74, 6) is 5.17. The minimum absolute atomic E-state index is 0.119. The van der Waals surface area contributed by atoms with Gasteiger partial charge < -0.3 is 14.8 Å². The highest BCUT2D eigenvalue weighted by molar-refractivity contribution is 5.93. The van der Waals surface area contributed by atoms with Gasteiger partial charge in [0.1, 0.15) is 0 Å². The summed E-state index contributed by atoms with van der Waals surface area (Å²) >= 11 is 0. The van der Waals surface area contributed by atoms with Gasteiger partial charge in [-0.05, 0) is 104 Å². The van der Waals surface area contributed by atoms with E-state index < -0.39 is 0 Å². The van der Waals surface area contributed by atoms with Crippen molar-refractivity contribution < 1.29 is 14.3 Å². The Bertz CT molecular complexity index is 980. The number of carbonyl (C=O) groups excluding carboxylic acids is 1. The molecule has 5 aliphatic rings. The molecular weight excluding hydrogens is 436 g/mol. The van der Waals surface area contributed by atoms with Crippen LogP contribution in [0.4, 0.5) is 0 Å². The van der Waals surface area contributed by atoms with Gasteiger partial charge in [0, 0.05) is 31.8 Å². The van der Waals surface area contributed by atoms with Gasteiger partial charge >= 0.3 is 0 Å². The van der Waals surface area contributed by atoms with Crippen molar-refractivity contribution >= 4 is 5.91 Å². The Hall–Kier alpha value is -1.62. The Morgan fingerprint density at radius 2 is 2.00 bits per heavy atom. The molecule has 1 heterocycles. The van der Waals surface area contributed by atoms with E-state index in [2.05, 4.69) is 31.1 Å². The molecule has 10 atom stereocenters. The summed E-state index contributed by atoms with van der Waals surface area (Å²) in [4.78, 5) is 16.1. The number of aromatic nitrogens is 1. The van der Waals surface area contributed by atoms with Crippen LogP contribution in [0.15, 0.2) is 18.3 Å². The molecule has 0 radical (unpaired) electrons. The summed E-state index contributed by atoms with van der Waals surface area (Å²) in [6, 6.07) is 3.61. The van der Waals surface area contributed by atoms with Gasteiger partial charge in [0.15, 0.2) is 0 Å². The molecule has 0 saturated heterocycles. The number of fused-ring (bicyclic) bond motifs is 4. The van der Waals surface area contributed by atoms with E-state index >= 15 is 0 Å². The van der Waals surface area contributed by atoms with Gasteiger partial charge in [0.05, 0.1) is 18.3 Å². The average Bonchev–Trinajstić information content (AvgIpc) is 3.38. The zero-order valence-electron chi connectivity index (χ0n) is 22.3. The highest BCUT2D eigenvalue weighted by atomic mass is 16.5. The molecule has 2 unspecified atom stereocenters. The topological polar surface area (TPSA) is 60.5 Å². The first-order valence-corrected chi connectivity index (χ1v) is 14.1. The number of hydrogen-bond acceptors (Lipinski definition) is 4. The minimum Gasteiger partial charge on any atom is -0.477 e. The summed E-state index contributed by atoms with van der Waals surface area (Å²) < 4.78 is 12.4. The lowest BCUT2D eigenvalue weighted by Gasteiger charge is -2.61. The van der Waals surface area contributed by atoms with E-state index in [4.69, 9.17) is 9.47 Å². The Morgan fingerprint density at radius 1 is 1.17 bits per heavy atom. The SMILES string of the molecule is CNC(=O)c1ccc(OC[C@@H](C)[C@H]2CC[C@H]3[C@@H]4CC(OC)[C@]56CC5CC[C@]6(C)[C@H]4CC[C@]23C)nc1. The number of nitrogens with zero attached hydrogens (tertiary/aromatic N) is 1. The molecule has 1 N–H and O–H groups in total. The van der Waals surface area contributed by atoms with E-state index in [0.29, 0.717) is 52.2 Å². The van der Waals surface area contributed by atoms with Gasteiger partial charge in [-0.3, -0.25) is 4.79 Å². The quantitative estimate of drug-likeness (QED) is 0.564. The third-order valence-corrected chi connectivity index (χ3v) is 12.3. The number of amides is 1. The summed E-state index contributed by atoms with van der Waals surface area (Å²) in [5.41, 5.74) is 1.98. The van der Waals surface area contributed by atoms with Crippen LogP contribution in [0, 0.1) is 51.8 Å². The number of pyridine rings is 1. The summed E-state index contributed by atoms with van der Waals surface area (Å²) in [6.45, 7) is 8.35. The van der Waals surface area contributed by atoms with Crippen molar-refractivity contribution in [2.75, 3.05) is 20.8 Å². The number of methoxy groups -OCH3 is 1. The number of rotatable bonds is 6. The molecule has 5 fully saturated rings. The zero-order valence-corrected chi connectivity index (χ0v) is 22.3. The molecule has 1 amide bonds. The predicted molar refractivity (Wildman–Crippen MR) is 136 cm³/mol. The largest absolute Gasteiger partial charge is 0.477 e. The van der Waals surface area contributed by atoms with Crippen molar-refractivity contribution in [3.8, 4) is 5.88 Å². The molecule has 0 aliphatic heterocycles. The molecule has 5 nitrogen and oxygen atoms in total. The van der Waals surface area contributed by atoms with Gasteiger partial charge in [-0.25, -0.2) is 4.98 Å². The Morgan fingerprint density at radius 3 is 2.69 bits per heavy atom. The summed E-state index contributed by atoms with van der Waals surface area (Å²) in [7, 11) is 3.62. The van der Waals surface area contributed by atoms with E-state index in [0.717, 1.165) is 23.7 Å². The lowest BCUT2D eigenvalue weighted by atomic mass is 9.45. The molecule has 0 bridgehead atoms. The second kappa shape index (κ2) is 8.19. The molecule has 5 aliphatic carbocycles. The molecule has 1 spiro atoms. The normalized spacial score (nSPS) is 46.1. The second-order valence-electron chi connectivity index (χ2n) is 13.2. The standard InChI is InChI=1S/C30H44N2O3/c1-18(17-35-26-9-6-19(16-32-26)27(33)31-4)22-7-8-23-21-14-25(34-5)30-15-20(30)10-13-29(30,3)24(21)11-12-28(22,23)2/h6,9,16,18,20-25H,7-8,10-15,17H2,1-5H3,(H,31,33)/t18-,20?,21+,22-,23+,24+,25?,28-,29-,30+/m1/s1. The van der Waals surface area contributed by atoms with E-state index in [1.807, 2.05) is 13.2 Å². The van der Waals surface area contributed by atoms with Crippen molar-refractivity contribution in [2.45, 2.75) is 78.2 Å². The molecular formula is C30H44N2O3. The maximum atomic E-state index is 11.8.